The number of nitro groups is 1. The summed E-state index contributed by atoms with van der Waals surface area (Å²) in [7, 11) is 0. The normalized spacial score (nSPS) is 11.9. The van der Waals surface area contributed by atoms with Gasteiger partial charge < -0.3 is 0 Å². The highest BCUT2D eigenvalue weighted by molar-refractivity contribution is 5.51. The van der Waals surface area contributed by atoms with Crippen LogP contribution in [-0.4, -0.2) is 4.92 Å². The van der Waals surface area contributed by atoms with E-state index in [0.29, 0.717) is 12.3 Å². The molecular weight excluding hydrogens is 214 g/mol. The Morgan fingerprint density at radius 2 is 1.94 bits per heavy atom. The fourth-order valence-electron chi connectivity index (χ4n) is 1.70. The summed E-state index contributed by atoms with van der Waals surface area (Å²) >= 11 is 0. The molecule has 0 aliphatic heterocycles. The SMILES string of the molecule is CCC(=Cc1ccc(CC(C)C)cc1)[N+](=O)[O-]. The Balaban J connectivity index is 2.84. The van der Waals surface area contributed by atoms with Gasteiger partial charge in [-0.05, 0) is 23.5 Å². The smallest absolute Gasteiger partial charge is 0.246 e. The number of hydrogen-bond acceptors (Lipinski definition) is 2. The van der Waals surface area contributed by atoms with Crippen molar-refractivity contribution in [3.8, 4) is 0 Å². The predicted octanol–water partition coefficient (Wildman–Crippen LogP) is 3.91. The van der Waals surface area contributed by atoms with E-state index in [9.17, 15) is 10.1 Å². The van der Waals surface area contributed by atoms with E-state index in [4.69, 9.17) is 0 Å². The Morgan fingerprint density at radius 3 is 2.35 bits per heavy atom. The molecule has 0 aromatic heterocycles. The number of rotatable bonds is 5. The average Bonchev–Trinajstić information content (AvgIpc) is 2.26. The summed E-state index contributed by atoms with van der Waals surface area (Å²) in [5.74, 6) is 0.626. The fraction of sp³-hybridized carbons (Fsp3) is 0.429. The van der Waals surface area contributed by atoms with Gasteiger partial charge in [-0.2, -0.15) is 0 Å². The van der Waals surface area contributed by atoms with Gasteiger partial charge in [0.15, 0.2) is 0 Å². The van der Waals surface area contributed by atoms with E-state index in [2.05, 4.69) is 13.8 Å². The first kappa shape index (κ1) is 13.4. The molecule has 17 heavy (non-hydrogen) atoms. The molecule has 0 aliphatic rings. The lowest BCUT2D eigenvalue weighted by Gasteiger charge is -2.04. The molecule has 0 unspecified atom stereocenters. The summed E-state index contributed by atoms with van der Waals surface area (Å²) in [5.41, 5.74) is 2.42. The highest BCUT2D eigenvalue weighted by Crippen LogP contribution is 2.13. The molecule has 0 fully saturated rings. The van der Waals surface area contributed by atoms with E-state index >= 15 is 0 Å². The monoisotopic (exact) mass is 233 g/mol. The predicted molar refractivity (Wildman–Crippen MR) is 70.2 cm³/mol. The lowest BCUT2D eigenvalue weighted by molar-refractivity contribution is -0.425. The van der Waals surface area contributed by atoms with Crippen molar-refractivity contribution in [3.63, 3.8) is 0 Å². The molecule has 0 N–H and O–H groups in total. The van der Waals surface area contributed by atoms with Gasteiger partial charge in [-0.25, -0.2) is 0 Å². The zero-order chi connectivity index (χ0) is 12.8. The Hall–Kier alpha value is -1.64. The van der Waals surface area contributed by atoms with Gasteiger partial charge in [0, 0.05) is 12.5 Å². The van der Waals surface area contributed by atoms with Crippen molar-refractivity contribution in [1.29, 1.82) is 0 Å². The first-order valence-corrected chi connectivity index (χ1v) is 5.96. The van der Waals surface area contributed by atoms with E-state index < -0.39 is 0 Å². The molecule has 3 nitrogen and oxygen atoms in total. The van der Waals surface area contributed by atoms with Gasteiger partial charge in [-0.15, -0.1) is 0 Å². The third kappa shape index (κ3) is 4.39. The standard InChI is InChI=1S/C14H19NO2/c1-4-14(15(16)17)10-13-7-5-12(6-8-13)9-11(2)3/h5-8,10-11H,4,9H2,1-3H3. The molecule has 0 saturated carbocycles. The van der Waals surface area contributed by atoms with Gasteiger partial charge in [-0.3, -0.25) is 10.1 Å². The molecule has 0 heterocycles. The Kier molecular flexibility index (Phi) is 4.88. The molecule has 0 saturated heterocycles. The van der Waals surface area contributed by atoms with Crippen LogP contribution in [0.2, 0.25) is 0 Å². The van der Waals surface area contributed by atoms with Crippen LogP contribution in [0.15, 0.2) is 30.0 Å². The minimum atomic E-state index is -0.317. The number of nitrogens with zero attached hydrogens (tertiary/aromatic N) is 1. The van der Waals surface area contributed by atoms with E-state index in [-0.39, 0.29) is 10.6 Å². The molecule has 1 aromatic carbocycles. The van der Waals surface area contributed by atoms with Crippen LogP contribution in [0.25, 0.3) is 6.08 Å². The molecule has 0 radical (unpaired) electrons. The Bertz CT molecular complexity index is 405. The Morgan fingerprint density at radius 1 is 1.35 bits per heavy atom. The zero-order valence-electron chi connectivity index (χ0n) is 10.6. The topological polar surface area (TPSA) is 43.1 Å². The van der Waals surface area contributed by atoms with Gasteiger partial charge in [-0.1, -0.05) is 45.0 Å². The summed E-state index contributed by atoms with van der Waals surface area (Å²) in [5, 5.41) is 10.7. The van der Waals surface area contributed by atoms with Crippen molar-refractivity contribution in [3.05, 3.63) is 51.2 Å². The van der Waals surface area contributed by atoms with Gasteiger partial charge in [0.25, 0.3) is 0 Å². The van der Waals surface area contributed by atoms with Gasteiger partial charge in [0.05, 0.1) is 4.92 Å². The number of hydrogen-bond donors (Lipinski definition) is 0. The fourth-order valence-corrected chi connectivity index (χ4v) is 1.70. The lowest BCUT2D eigenvalue weighted by atomic mass is 10.0. The van der Waals surface area contributed by atoms with Crippen molar-refractivity contribution in [2.75, 3.05) is 0 Å². The molecule has 92 valence electrons. The molecule has 0 aliphatic carbocycles. The first-order valence-electron chi connectivity index (χ1n) is 5.96. The summed E-state index contributed by atoms with van der Waals surface area (Å²) in [4.78, 5) is 10.4. The quantitative estimate of drug-likeness (QED) is 0.571. The Labute approximate surface area is 102 Å². The summed E-state index contributed by atoms with van der Waals surface area (Å²) < 4.78 is 0. The summed E-state index contributed by atoms with van der Waals surface area (Å²) in [6.45, 7) is 6.15. The van der Waals surface area contributed by atoms with Crippen LogP contribution in [-0.2, 0) is 6.42 Å². The largest absolute Gasteiger partial charge is 0.259 e. The van der Waals surface area contributed by atoms with Crippen LogP contribution in [0, 0.1) is 16.0 Å². The van der Waals surface area contributed by atoms with E-state index in [1.54, 1.807) is 13.0 Å². The minimum Gasteiger partial charge on any atom is -0.259 e. The van der Waals surface area contributed by atoms with Gasteiger partial charge >= 0.3 is 0 Å². The summed E-state index contributed by atoms with van der Waals surface area (Å²) in [6.07, 6.45) is 3.12. The molecule has 1 rings (SSSR count). The second-order valence-electron chi connectivity index (χ2n) is 4.59. The van der Waals surface area contributed by atoms with Crippen LogP contribution in [0.1, 0.15) is 38.3 Å². The maximum absolute atomic E-state index is 10.7. The van der Waals surface area contributed by atoms with E-state index in [1.807, 2.05) is 24.3 Å². The third-order valence-electron chi connectivity index (χ3n) is 2.55. The second kappa shape index (κ2) is 6.18. The van der Waals surface area contributed by atoms with Crippen molar-refractivity contribution < 1.29 is 4.92 Å². The van der Waals surface area contributed by atoms with Crippen molar-refractivity contribution in [2.24, 2.45) is 5.92 Å². The molecule has 0 bridgehead atoms. The van der Waals surface area contributed by atoms with E-state index in [1.165, 1.54) is 5.56 Å². The van der Waals surface area contributed by atoms with Crippen molar-refractivity contribution in [1.82, 2.24) is 0 Å². The zero-order valence-corrected chi connectivity index (χ0v) is 10.6. The van der Waals surface area contributed by atoms with Crippen LogP contribution >= 0.6 is 0 Å². The molecular formula is C14H19NO2. The first-order chi connectivity index (χ1) is 8.02. The molecule has 0 atom stereocenters. The van der Waals surface area contributed by atoms with Crippen molar-refractivity contribution in [2.45, 2.75) is 33.6 Å². The van der Waals surface area contributed by atoms with Gasteiger partial charge in [0.1, 0.15) is 0 Å². The second-order valence-corrected chi connectivity index (χ2v) is 4.59. The number of benzene rings is 1. The van der Waals surface area contributed by atoms with Crippen LogP contribution in [0.4, 0.5) is 0 Å². The van der Waals surface area contributed by atoms with Crippen LogP contribution in [0.3, 0.4) is 0 Å². The molecule has 0 amide bonds. The van der Waals surface area contributed by atoms with Crippen molar-refractivity contribution >= 4 is 6.08 Å². The molecule has 1 aromatic rings. The third-order valence-corrected chi connectivity index (χ3v) is 2.55. The highest BCUT2D eigenvalue weighted by atomic mass is 16.6. The lowest BCUT2D eigenvalue weighted by Crippen LogP contribution is -1.97. The maximum Gasteiger partial charge on any atom is 0.246 e. The van der Waals surface area contributed by atoms with E-state index in [0.717, 1.165) is 12.0 Å². The molecule has 0 spiro atoms. The highest BCUT2D eigenvalue weighted by Gasteiger charge is 2.06. The van der Waals surface area contributed by atoms with Gasteiger partial charge in [0.2, 0.25) is 5.70 Å². The average molecular weight is 233 g/mol. The van der Waals surface area contributed by atoms with Crippen LogP contribution < -0.4 is 0 Å². The number of allylic oxidation sites excluding steroid dienone is 1. The minimum absolute atomic E-state index is 0.251. The van der Waals surface area contributed by atoms with Crippen LogP contribution in [0.5, 0.6) is 0 Å². The maximum atomic E-state index is 10.7. The molecule has 3 heteroatoms. The summed E-state index contributed by atoms with van der Waals surface area (Å²) in [6, 6.07) is 7.96.